The molecular weight excluding hydrogens is 338 g/mol. The van der Waals surface area contributed by atoms with Crippen molar-refractivity contribution in [1.82, 2.24) is 4.98 Å². The Hall–Kier alpha value is -3.05. The molecule has 0 bridgehead atoms. The number of carbonyl (C=O) groups is 1. The molecule has 3 aromatic rings. The second-order valence-corrected chi connectivity index (χ2v) is 5.85. The highest BCUT2D eigenvalue weighted by molar-refractivity contribution is 6.31. The van der Waals surface area contributed by atoms with E-state index in [1.165, 1.54) is 12.1 Å². The maximum Gasteiger partial charge on any atom is 0.259 e. The van der Waals surface area contributed by atoms with Crippen molar-refractivity contribution in [3.05, 3.63) is 76.9 Å². The van der Waals surface area contributed by atoms with E-state index < -0.39 is 0 Å². The van der Waals surface area contributed by atoms with Crippen molar-refractivity contribution >= 4 is 34.7 Å². The summed E-state index contributed by atoms with van der Waals surface area (Å²) in [6.07, 6.45) is 1.61. The Kier molecular flexibility index (Phi) is 4.86. The van der Waals surface area contributed by atoms with Gasteiger partial charge in [0, 0.05) is 22.6 Å². The fraction of sp³-hybridized carbons (Fsp3) is 0.0526. The van der Waals surface area contributed by atoms with Crippen molar-refractivity contribution in [3.8, 4) is 5.75 Å². The average molecular weight is 354 g/mol. The minimum atomic E-state index is -0.305. The van der Waals surface area contributed by atoms with E-state index >= 15 is 0 Å². The summed E-state index contributed by atoms with van der Waals surface area (Å²) in [6.45, 7) is 1.89. The molecule has 0 spiro atoms. The fourth-order valence-electron chi connectivity index (χ4n) is 2.30. The molecule has 1 amide bonds. The summed E-state index contributed by atoms with van der Waals surface area (Å²) in [5.41, 5.74) is 2.64. The third-order valence-electron chi connectivity index (χ3n) is 3.70. The van der Waals surface area contributed by atoms with Crippen LogP contribution in [0, 0.1) is 6.92 Å². The molecule has 0 aliphatic carbocycles. The second-order valence-electron chi connectivity index (χ2n) is 5.44. The Morgan fingerprint density at radius 3 is 2.60 bits per heavy atom. The summed E-state index contributed by atoms with van der Waals surface area (Å²) in [5, 5.41) is 15.9. The first-order valence-corrected chi connectivity index (χ1v) is 8.00. The van der Waals surface area contributed by atoms with E-state index in [2.05, 4.69) is 15.6 Å². The number of carbonyl (C=O) groups excluding carboxylic acids is 1. The lowest BCUT2D eigenvalue weighted by molar-refractivity contribution is 0.102. The number of aromatic nitrogens is 1. The highest BCUT2D eigenvalue weighted by atomic mass is 35.5. The fourth-order valence-corrected chi connectivity index (χ4v) is 2.48. The van der Waals surface area contributed by atoms with Crippen LogP contribution in [-0.2, 0) is 0 Å². The molecule has 0 unspecified atom stereocenters. The van der Waals surface area contributed by atoms with Gasteiger partial charge in [-0.15, -0.1) is 0 Å². The van der Waals surface area contributed by atoms with Gasteiger partial charge in [0.25, 0.3) is 5.91 Å². The molecule has 0 aliphatic rings. The maximum absolute atomic E-state index is 12.6. The molecule has 126 valence electrons. The van der Waals surface area contributed by atoms with Crippen LogP contribution < -0.4 is 10.6 Å². The van der Waals surface area contributed by atoms with Gasteiger partial charge in [0.1, 0.15) is 11.6 Å². The Morgan fingerprint density at radius 2 is 1.84 bits per heavy atom. The topological polar surface area (TPSA) is 74.2 Å². The smallest absolute Gasteiger partial charge is 0.259 e. The van der Waals surface area contributed by atoms with Crippen LogP contribution in [-0.4, -0.2) is 16.0 Å². The Morgan fingerprint density at radius 1 is 1.08 bits per heavy atom. The predicted octanol–water partition coefficient (Wildman–Crippen LogP) is 4.74. The van der Waals surface area contributed by atoms with Gasteiger partial charge in [0.15, 0.2) is 0 Å². The van der Waals surface area contributed by atoms with Crippen molar-refractivity contribution in [1.29, 1.82) is 0 Å². The van der Waals surface area contributed by atoms with Gasteiger partial charge in [-0.25, -0.2) is 4.98 Å². The zero-order valence-corrected chi connectivity index (χ0v) is 14.2. The summed E-state index contributed by atoms with van der Waals surface area (Å²) in [7, 11) is 0. The number of phenolic OH excluding ortho intramolecular Hbond substituents is 1. The third-order valence-corrected chi connectivity index (χ3v) is 4.11. The Labute approximate surface area is 150 Å². The van der Waals surface area contributed by atoms with Crippen LogP contribution in [0.2, 0.25) is 5.02 Å². The molecule has 5 nitrogen and oxygen atoms in total. The first-order valence-electron chi connectivity index (χ1n) is 7.62. The van der Waals surface area contributed by atoms with E-state index in [1.54, 1.807) is 36.5 Å². The van der Waals surface area contributed by atoms with Crippen LogP contribution in [0.1, 0.15) is 15.9 Å². The van der Waals surface area contributed by atoms with Crippen LogP contribution in [0.5, 0.6) is 5.75 Å². The lowest BCUT2D eigenvalue weighted by Gasteiger charge is -2.13. The summed E-state index contributed by atoms with van der Waals surface area (Å²) >= 11 is 6.14. The third kappa shape index (κ3) is 3.89. The summed E-state index contributed by atoms with van der Waals surface area (Å²) in [4.78, 5) is 16.8. The van der Waals surface area contributed by atoms with Crippen LogP contribution in [0.25, 0.3) is 0 Å². The number of amides is 1. The minimum absolute atomic E-state index is 0.137. The number of pyridine rings is 1. The number of aromatic hydroxyl groups is 1. The van der Waals surface area contributed by atoms with Gasteiger partial charge in [-0.05, 0) is 61.0 Å². The molecule has 0 saturated carbocycles. The van der Waals surface area contributed by atoms with E-state index in [4.69, 9.17) is 11.6 Å². The normalized spacial score (nSPS) is 10.3. The van der Waals surface area contributed by atoms with Crippen molar-refractivity contribution in [2.24, 2.45) is 0 Å². The van der Waals surface area contributed by atoms with Crippen molar-refractivity contribution in [3.63, 3.8) is 0 Å². The number of hydrogen-bond acceptors (Lipinski definition) is 4. The first kappa shape index (κ1) is 16.8. The van der Waals surface area contributed by atoms with Gasteiger partial charge < -0.3 is 15.7 Å². The number of benzene rings is 2. The molecule has 1 heterocycles. The van der Waals surface area contributed by atoms with E-state index in [9.17, 15) is 9.90 Å². The van der Waals surface area contributed by atoms with Gasteiger partial charge in [0.2, 0.25) is 0 Å². The van der Waals surface area contributed by atoms with E-state index in [0.717, 1.165) is 11.3 Å². The maximum atomic E-state index is 12.6. The number of phenols is 1. The molecule has 6 heteroatoms. The lowest BCUT2D eigenvalue weighted by atomic mass is 10.1. The number of rotatable bonds is 4. The largest absolute Gasteiger partial charge is 0.508 e. The van der Waals surface area contributed by atoms with Crippen LogP contribution in [0.15, 0.2) is 60.8 Å². The zero-order valence-electron chi connectivity index (χ0n) is 13.5. The minimum Gasteiger partial charge on any atom is -0.508 e. The van der Waals surface area contributed by atoms with Crippen LogP contribution in [0.3, 0.4) is 0 Å². The van der Waals surface area contributed by atoms with Gasteiger partial charge in [0.05, 0.1) is 5.56 Å². The highest BCUT2D eigenvalue weighted by Gasteiger charge is 2.14. The molecule has 25 heavy (non-hydrogen) atoms. The van der Waals surface area contributed by atoms with E-state index in [-0.39, 0.29) is 11.7 Å². The molecule has 0 aliphatic heterocycles. The molecule has 3 rings (SSSR count). The molecule has 3 N–H and O–H groups in total. The molecule has 0 atom stereocenters. The number of anilines is 3. The number of nitrogens with zero attached hydrogens (tertiary/aromatic N) is 1. The molecule has 2 aromatic carbocycles. The van der Waals surface area contributed by atoms with Gasteiger partial charge in [-0.2, -0.15) is 0 Å². The van der Waals surface area contributed by atoms with Crippen LogP contribution in [0.4, 0.5) is 17.2 Å². The number of halogens is 1. The number of nitrogens with one attached hydrogen (secondary N) is 2. The Balaban J connectivity index is 1.86. The molecule has 1 aromatic heterocycles. The standard InChI is InChI=1S/C19H16ClN3O2/c1-12-16(20)5-2-6-17(12)23-18-15(4-3-11-21-18)19(25)22-13-7-9-14(24)10-8-13/h2-11,24H,1H3,(H,21,23)(H,22,25). The lowest BCUT2D eigenvalue weighted by Crippen LogP contribution is -2.14. The van der Waals surface area contributed by atoms with Crippen LogP contribution >= 0.6 is 11.6 Å². The zero-order chi connectivity index (χ0) is 17.8. The van der Waals surface area contributed by atoms with E-state index in [1.807, 2.05) is 19.1 Å². The first-order chi connectivity index (χ1) is 12.0. The van der Waals surface area contributed by atoms with Crippen molar-refractivity contribution in [2.45, 2.75) is 6.92 Å². The van der Waals surface area contributed by atoms with E-state index in [0.29, 0.717) is 22.1 Å². The molecular formula is C19H16ClN3O2. The van der Waals surface area contributed by atoms with Crippen molar-refractivity contribution in [2.75, 3.05) is 10.6 Å². The summed E-state index contributed by atoms with van der Waals surface area (Å²) in [5.74, 6) is 0.267. The van der Waals surface area contributed by atoms with Gasteiger partial charge in [-0.1, -0.05) is 17.7 Å². The quantitative estimate of drug-likeness (QED) is 0.592. The van der Waals surface area contributed by atoms with Gasteiger partial charge >= 0.3 is 0 Å². The summed E-state index contributed by atoms with van der Waals surface area (Å²) < 4.78 is 0. The monoisotopic (exact) mass is 353 g/mol. The Bertz CT molecular complexity index is 911. The highest BCUT2D eigenvalue weighted by Crippen LogP contribution is 2.27. The average Bonchev–Trinajstić information content (AvgIpc) is 2.61. The number of hydrogen-bond donors (Lipinski definition) is 3. The SMILES string of the molecule is Cc1c(Cl)cccc1Nc1ncccc1C(=O)Nc1ccc(O)cc1. The molecule has 0 fully saturated rings. The second kappa shape index (κ2) is 7.23. The predicted molar refractivity (Wildman–Crippen MR) is 99.8 cm³/mol. The molecule has 0 radical (unpaired) electrons. The molecule has 0 saturated heterocycles. The van der Waals surface area contributed by atoms with Crippen molar-refractivity contribution < 1.29 is 9.90 Å². The summed E-state index contributed by atoms with van der Waals surface area (Å²) in [6, 6.07) is 15.1. The van der Waals surface area contributed by atoms with Gasteiger partial charge in [-0.3, -0.25) is 4.79 Å².